The lowest BCUT2D eigenvalue weighted by molar-refractivity contribution is -0.137. The molecule has 0 bridgehead atoms. The highest BCUT2D eigenvalue weighted by molar-refractivity contribution is 5.86. The number of carboxylic acids is 1. The fourth-order valence-corrected chi connectivity index (χ4v) is 2.09. The topological polar surface area (TPSA) is 108 Å². The van der Waals surface area contributed by atoms with Crippen molar-refractivity contribution in [3.8, 4) is 0 Å². The molecule has 0 aromatic heterocycles. The molecule has 0 saturated heterocycles. The van der Waals surface area contributed by atoms with Crippen molar-refractivity contribution in [2.45, 2.75) is 32.1 Å². The first-order valence-electron chi connectivity index (χ1n) is 6.58. The van der Waals surface area contributed by atoms with Crippen molar-refractivity contribution < 1.29 is 19.5 Å². The Bertz CT molecular complexity index is 327. The molecular formula is C12H21N3O4. The molecule has 0 atom stereocenters. The van der Waals surface area contributed by atoms with E-state index in [-0.39, 0.29) is 6.54 Å². The van der Waals surface area contributed by atoms with Crippen molar-refractivity contribution in [3.63, 3.8) is 0 Å². The van der Waals surface area contributed by atoms with E-state index in [2.05, 4.69) is 16.0 Å². The molecule has 19 heavy (non-hydrogen) atoms. The van der Waals surface area contributed by atoms with Crippen LogP contribution in [0.15, 0.2) is 0 Å². The fourth-order valence-electron chi connectivity index (χ4n) is 2.09. The fraction of sp³-hybridized carbons (Fsp3) is 0.750. The molecule has 3 amide bonds. The van der Waals surface area contributed by atoms with Gasteiger partial charge in [-0.25, -0.2) is 4.79 Å². The van der Waals surface area contributed by atoms with Gasteiger partial charge >= 0.3 is 12.0 Å². The molecule has 7 heteroatoms. The average molecular weight is 271 g/mol. The van der Waals surface area contributed by atoms with E-state index in [1.807, 2.05) is 0 Å². The van der Waals surface area contributed by atoms with Crippen LogP contribution in [0.4, 0.5) is 4.79 Å². The van der Waals surface area contributed by atoms with Gasteiger partial charge in [-0.05, 0) is 18.8 Å². The summed E-state index contributed by atoms with van der Waals surface area (Å²) in [5.41, 5.74) is 0. The quantitative estimate of drug-likeness (QED) is 0.548. The van der Waals surface area contributed by atoms with Gasteiger partial charge in [-0.3, -0.25) is 9.59 Å². The van der Waals surface area contributed by atoms with Crippen LogP contribution in [0.2, 0.25) is 0 Å². The Morgan fingerprint density at radius 1 is 0.947 bits per heavy atom. The molecule has 7 nitrogen and oxygen atoms in total. The van der Waals surface area contributed by atoms with E-state index in [4.69, 9.17) is 5.11 Å². The molecule has 0 unspecified atom stereocenters. The molecule has 4 N–H and O–H groups in total. The minimum atomic E-state index is -1.12. The van der Waals surface area contributed by atoms with Crippen molar-refractivity contribution in [3.05, 3.63) is 0 Å². The van der Waals surface area contributed by atoms with Gasteiger partial charge in [0.05, 0.1) is 6.54 Å². The van der Waals surface area contributed by atoms with E-state index in [0.29, 0.717) is 12.5 Å². The third-order valence-electron chi connectivity index (χ3n) is 3.12. The molecule has 1 aliphatic carbocycles. The van der Waals surface area contributed by atoms with Crippen LogP contribution in [0.3, 0.4) is 0 Å². The van der Waals surface area contributed by atoms with E-state index in [0.717, 1.165) is 12.8 Å². The van der Waals surface area contributed by atoms with Crippen LogP contribution in [0.1, 0.15) is 32.1 Å². The van der Waals surface area contributed by atoms with E-state index in [9.17, 15) is 14.4 Å². The van der Waals surface area contributed by atoms with Crippen molar-refractivity contribution in [2.24, 2.45) is 5.92 Å². The van der Waals surface area contributed by atoms with E-state index in [1.165, 1.54) is 19.3 Å². The lowest BCUT2D eigenvalue weighted by Gasteiger charge is -2.21. The maximum Gasteiger partial charge on any atom is 0.322 e. The number of hydrogen-bond acceptors (Lipinski definition) is 3. The number of urea groups is 1. The first kappa shape index (κ1) is 15.3. The van der Waals surface area contributed by atoms with Crippen LogP contribution >= 0.6 is 0 Å². The lowest BCUT2D eigenvalue weighted by atomic mass is 9.89. The van der Waals surface area contributed by atoms with Gasteiger partial charge in [0.2, 0.25) is 5.91 Å². The number of carboxylic acid groups (broad SMARTS) is 1. The summed E-state index contributed by atoms with van der Waals surface area (Å²) >= 11 is 0. The van der Waals surface area contributed by atoms with Crippen molar-refractivity contribution in [2.75, 3.05) is 19.6 Å². The zero-order chi connectivity index (χ0) is 14.1. The predicted molar refractivity (Wildman–Crippen MR) is 68.6 cm³/mol. The lowest BCUT2D eigenvalue weighted by Crippen LogP contribution is -2.44. The molecule has 1 saturated carbocycles. The van der Waals surface area contributed by atoms with Crippen LogP contribution in [0.5, 0.6) is 0 Å². The SMILES string of the molecule is O=C(O)CNC(=O)CNC(=O)NCC1CCCCC1. The van der Waals surface area contributed by atoms with Crippen molar-refractivity contribution >= 4 is 17.9 Å². The minimum Gasteiger partial charge on any atom is -0.480 e. The molecule has 0 aliphatic heterocycles. The van der Waals surface area contributed by atoms with Gasteiger partial charge in [0.25, 0.3) is 0 Å². The zero-order valence-corrected chi connectivity index (χ0v) is 10.9. The summed E-state index contributed by atoms with van der Waals surface area (Å²) in [6, 6.07) is -0.393. The van der Waals surface area contributed by atoms with Gasteiger partial charge in [0.1, 0.15) is 6.54 Å². The normalized spacial score (nSPS) is 15.6. The van der Waals surface area contributed by atoms with Crippen LogP contribution < -0.4 is 16.0 Å². The number of carbonyl (C=O) groups excluding carboxylic acids is 2. The van der Waals surface area contributed by atoms with Crippen molar-refractivity contribution in [1.29, 1.82) is 0 Å². The molecule has 0 heterocycles. The highest BCUT2D eigenvalue weighted by Gasteiger charge is 2.14. The van der Waals surface area contributed by atoms with Crippen LogP contribution in [0.25, 0.3) is 0 Å². The van der Waals surface area contributed by atoms with Gasteiger partial charge in [-0.2, -0.15) is 0 Å². The highest BCUT2D eigenvalue weighted by atomic mass is 16.4. The van der Waals surface area contributed by atoms with E-state index < -0.39 is 24.5 Å². The Hall–Kier alpha value is -1.79. The summed E-state index contributed by atoms with van der Waals surface area (Å²) < 4.78 is 0. The van der Waals surface area contributed by atoms with Gasteiger partial charge < -0.3 is 21.1 Å². The minimum absolute atomic E-state index is 0.218. The Kier molecular flexibility index (Phi) is 6.70. The van der Waals surface area contributed by atoms with Gasteiger partial charge in [-0.1, -0.05) is 19.3 Å². The molecule has 0 radical (unpaired) electrons. The monoisotopic (exact) mass is 271 g/mol. The number of hydrogen-bond donors (Lipinski definition) is 4. The summed E-state index contributed by atoms with van der Waals surface area (Å²) in [5.74, 6) is -1.11. The predicted octanol–water partition coefficient (Wildman–Crippen LogP) is 0.0667. The molecule has 0 aromatic carbocycles. The Labute approximate surface area is 112 Å². The maximum atomic E-state index is 11.4. The zero-order valence-electron chi connectivity index (χ0n) is 10.9. The first-order chi connectivity index (χ1) is 9.08. The standard InChI is InChI=1S/C12H21N3O4/c16-10(13-8-11(17)18)7-15-12(19)14-6-9-4-2-1-3-5-9/h9H,1-8H2,(H,13,16)(H,17,18)(H2,14,15,19). The second kappa shape index (κ2) is 8.34. The summed E-state index contributed by atoms with van der Waals surface area (Å²) in [6.07, 6.45) is 5.97. The smallest absolute Gasteiger partial charge is 0.322 e. The Morgan fingerprint density at radius 2 is 1.63 bits per heavy atom. The Morgan fingerprint density at radius 3 is 2.26 bits per heavy atom. The Balaban J connectivity index is 2.06. The number of nitrogens with one attached hydrogen (secondary N) is 3. The number of carbonyl (C=O) groups is 3. The third kappa shape index (κ3) is 7.28. The largest absolute Gasteiger partial charge is 0.480 e. The summed E-state index contributed by atoms with van der Waals surface area (Å²) in [7, 11) is 0. The highest BCUT2D eigenvalue weighted by Crippen LogP contribution is 2.22. The van der Waals surface area contributed by atoms with E-state index in [1.54, 1.807) is 0 Å². The number of aliphatic carboxylic acids is 1. The van der Waals surface area contributed by atoms with Crippen LogP contribution in [0, 0.1) is 5.92 Å². The van der Waals surface area contributed by atoms with Crippen LogP contribution in [-0.4, -0.2) is 42.6 Å². The van der Waals surface area contributed by atoms with E-state index >= 15 is 0 Å². The summed E-state index contributed by atoms with van der Waals surface area (Å²) in [6.45, 7) is -0.0312. The second-order valence-electron chi connectivity index (χ2n) is 4.74. The third-order valence-corrected chi connectivity index (χ3v) is 3.12. The van der Waals surface area contributed by atoms with Gasteiger partial charge in [0.15, 0.2) is 0 Å². The summed E-state index contributed by atoms with van der Waals surface area (Å²) in [5, 5.41) is 15.6. The van der Waals surface area contributed by atoms with Crippen molar-refractivity contribution in [1.82, 2.24) is 16.0 Å². The first-order valence-corrected chi connectivity index (χ1v) is 6.58. The van der Waals surface area contributed by atoms with Gasteiger partial charge in [-0.15, -0.1) is 0 Å². The molecular weight excluding hydrogens is 250 g/mol. The van der Waals surface area contributed by atoms with Crippen LogP contribution in [-0.2, 0) is 9.59 Å². The van der Waals surface area contributed by atoms with Gasteiger partial charge in [0, 0.05) is 6.54 Å². The average Bonchev–Trinajstić information content (AvgIpc) is 2.41. The maximum absolute atomic E-state index is 11.4. The molecule has 0 spiro atoms. The number of rotatable bonds is 6. The summed E-state index contributed by atoms with van der Waals surface area (Å²) in [4.78, 5) is 32.8. The molecule has 0 aromatic rings. The molecule has 1 aliphatic rings. The number of amides is 3. The molecule has 108 valence electrons. The molecule has 1 rings (SSSR count). The molecule has 1 fully saturated rings. The second-order valence-corrected chi connectivity index (χ2v) is 4.74.